The summed E-state index contributed by atoms with van der Waals surface area (Å²) in [5.74, 6) is -1.70. The van der Waals surface area contributed by atoms with Gasteiger partial charge in [-0.2, -0.15) is 0 Å². The van der Waals surface area contributed by atoms with Crippen molar-refractivity contribution in [3.05, 3.63) is 35.4 Å². The highest BCUT2D eigenvalue weighted by Crippen LogP contribution is 2.39. The van der Waals surface area contributed by atoms with Crippen LogP contribution in [0.5, 0.6) is 0 Å². The van der Waals surface area contributed by atoms with Crippen LogP contribution in [0.1, 0.15) is 37.4 Å². The molecule has 1 N–H and O–H groups in total. The summed E-state index contributed by atoms with van der Waals surface area (Å²) < 4.78 is 5.07. The Kier molecular flexibility index (Phi) is 4.63. The van der Waals surface area contributed by atoms with Crippen LogP contribution in [-0.4, -0.2) is 35.0 Å². The molecule has 0 bridgehead atoms. The van der Waals surface area contributed by atoms with Crippen LogP contribution in [0.2, 0.25) is 0 Å². The van der Waals surface area contributed by atoms with Gasteiger partial charge in [0.05, 0.1) is 18.6 Å². The van der Waals surface area contributed by atoms with Crippen LogP contribution in [0.4, 0.5) is 0 Å². The molecular formula is C16H21NO4. The second-order valence-corrected chi connectivity index (χ2v) is 5.66. The molecule has 0 saturated carbocycles. The summed E-state index contributed by atoms with van der Waals surface area (Å²) in [6.45, 7) is 4.34. The smallest absolute Gasteiger partial charge is 0.309 e. The minimum absolute atomic E-state index is 0.0227. The molecule has 0 radical (unpaired) electrons. The topological polar surface area (TPSA) is 66.8 Å². The second-order valence-electron chi connectivity index (χ2n) is 5.66. The molecule has 1 aliphatic heterocycles. The zero-order valence-electron chi connectivity index (χ0n) is 12.6. The van der Waals surface area contributed by atoms with Crippen molar-refractivity contribution in [1.82, 2.24) is 4.90 Å². The lowest BCUT2D eigenvalue weighted by Gasteiger charge is -2.30. The molecule has 2 atom stereocenters. The first-order chi connectivity index (χ1) is 9.95. The number of carbonyl (C=O) groups is 2. The highest BCUT2D eigenvalue weighted by Gasteiger charge is 2.45. The van der Waals surface area contributed by atoms with E-state index in [2.05, 4.69) is 0 Å². The fourth-order valence-electron chi connectivity index (χ4n) is 2.96. The van der Waals surface area contributed by atoms with Crippen LogP contribution in [-0.2, 0) is 20.9 Å². The Morgan fingerprint density at radius 2 is 2.00 bits per heavy atom. The molecule has 1 saturated heterocycles. The Bertz CT molecular complexity index is 524. The lowest BCUT2D eigenvalue weighted by Crippen LogP contribution is -2.36. The van der Waals surface area contributed by atoms with E-state index in [0.717, 1.165) is 11.1 Å². The summed E-state index contributed by atoms with van der Waals surface area (Å²) in [6.07, 6.45) is 0.0675. The monoisotopic (exact) mass is 291 g/mol. The largest absolute Gasteiger partial charge is 0.481 e. The molecule has 2 rings (SSSR count). The molecule has 1 aromatic carbocycles. The number of likely N-dealkylation sites (tertiary alicyclic amines) is 1. The number of carboxylic acids is 1. The molecule has 5 nitrogen and oxygen atoms in total. The Hall–Kier alpha value is -1.88. The number of hydrogen-bond acceptors (Lipinski definition) is 3. The molecule has 5 heteroatoms. The molecule has 1 aromatic rings. The molecule has 0 aliphatic carbocycles. The number of methoxy groups -OCH3 is 1. The van der Waals surface area contributed by atoms with Gasteiger partial charge < -0.3 is 14.7 Å². The van der Waals surface area contributed by atoms with E-state index in [1.807, 2.05) is 38.1 Å². The number of rotatable bonds is 5. The molecule has 1 amide bonds. The van der Waals surface area contributed by atoms with Gasteiger partial charge in [-0.15, -0.1) is 0 Å². The maximum absolute atomic E-state index is 12.1. The first-order valence-electron chi connectivity index (χ1n) is 7.07. The van der Waals surface area contributed by atoms with Crippen molar-refractivity contribution < 1.29 is 19.4 Å². The lowest BCUT2D eigenvalue weighted by molar-refractivity contribution is -0.142. The average molecular weight is 291 g/mol. The summed E-state index contributed by atoms with van der Waals surface area (Å²) in [5, 5.41) is 9.40. The van der Waals surface area contributed by atoms with Gasteiger partial charge >= 0.3 is 5.97 Å². The third kappa shape index (κ3) is 3.08. The minimum Gasteiger partial charge on any atom is -0.481 e. The summed E-state index contributed by atoms with van der Waals surface area (Å²) in [6, 6.07) is 7.20. The lowest BCUT2D eigenvalue weighted by atomic mass is 9.93. The van der Waals surface area contributed by atoms with Crippen LogP contribution in [0.25, 0.3) is 0 Å². The van der Waals surface area contributed by atoms with Gasteiger partial charge in [-0.3, -0.25) is 9.59 Å². The van der Waals surface area contributed by atoms with E-state index in [1.165, 1.54) is 0 Å². The fourth-order valence-corrected chi connectivity index (χ4v) is 2.96. The van der Waals surface area contributed by atoms with Gasteiger partial charge in [-0.1, -0.05) is 24.3 Å². The SMILES string of the molecule is COCc1ccc(C2C(C(=O)O)CC(=O)N2C(C)C)cc1. The van der Waals surface area contributed by atoms with E-state index in [-0.39, 0.29) is 18.4 Å². The van der Waals surface area contributed by atoms with Crippen LogP contribution in [0, 0.1) is 5.92 Å². The molecular weight excluding hydrogens is 270 g/mol. The van der Waals surface area contributed by atoms with Gasteiger partial charge in [0.15, 0.2) is 0 Å². The first kappa shape index (κ1) is 15.5. The zero-order valence-corrected chi connectivity index (χ0v) is 12.6. The number of nitrogens with zero attached hydrogens (tertiary/aromatic N) is 1. The number of ether oxygens (including phenoxy) is 1. The van der Waals surface area contributed by atoms with Gasteiger partial charge in [0.2, 0.25) is 5.91 Å². The molecule has 1 heterocycles. The summed E-state index contributed by atoms with van der Waals surface area (Å²) >= 11 is 0. The van der Waals surface area contributed by atoms with Crippen molar-refractivity contribution in [2.45, 2.75) is 39.0 Å². The Balaban J connectivity index is 2.35. The van der Waals surface area contributed by atoms with Crippen molar-refractivity contribution >= 4 is 11.9 Å². The fraction of sp³-hybridized carbons (Fsp3) is 0.500. The molecule has 1 aliphatic rings. The van der Waals surface area contributed by atoms with Gasteiger partial charge in [0.1, 0.15) is 0 Å². The van der Waals surface area contributed by atoms with Crippen LogP contribution in [0.3, 0.4) is 0 Å². The van der Waals surface area contributed by atoms with Gasteiger partial charge in [-0.05, 0) is 25.0 Å². The van der Waals surface area contributed by atoms with Crippen LogP contribution in [0.15, 0.2) is 24.3 Å². The van der Waals surface area contributed by atoms with Crippen molar-refractivity contribution in [2.75, 3.05) is 7.11 Å². The summed E-state index contributed by atoms with van der Waals surface area (Å²) in [4.78, 5) is 25.3. The van der Waals surface area contributed by atoms with Crippen molar-refractivity contribution in [3.8, 4) is 0 Å². The third-order valence-electron chi connectivity index (χ3n) is 3.87. The number of benzene rings is 1. The third-order valence-corrected chi connectivity index (χ3v) is 3.87. The minimum atomic E-state index is -0.919. The molecule has 2 unspecified atom stereocenters. The summed E-state index contributed by atoms with van der Waals surface area (Å²) in [7, 11) is 1.63. The highest BCUT2D eigenvalue weighted by molar-refractivity contribution is 5.87. The first-order valence-corrected chi connectivity index (χ1v) is 7.07. The molecule has 1 fully saturated rings. The number of hydrogen-bond donors (Lipinski definition) is 1. The van der Waals surface area contributed by atoms with E-state index in [0.29, 0.717) is 6.61 Å². The summed E-state index contributed by atoms with van der Waals surface area (Å²) in [5.41, 5.74) is 1.88. The molecule has 0 aromatic heterocycles. The van der Waals surface area contributed by atoms with Crippen LogP contribution < -0.4 is 0 Å². The van der Waals surface area contributed by atoms with E-state index in [9.17, 15) is 14.7 Å². The van der Waals surface area contributed by atoms with E-state index in [4.69, 9.17) is 4.74 Å². The van der Waals surface area contributed by atoms with E-state index in [1.54, 1.807) is 12.0 Å². The Morgan fingerprint density at radius 3 is 2.48 bits per heavy atom. The predicted molar refractivity (Wildman–Crippen MR) is 77.6 cm³/mol. The Morgan fingerprint density at radius 1 is 1.38 bits per heavy atom. The number of carboxylic acid groups (broad SMARTS) is 1. The highest BCUT2D eigenvalue weighted by atomic mass is 16.5. The molecule has 0 spiro atoms. The van der Waals surface area contributed by atoms with Gasteiger partial charge in [0.25, 0.3) is 0 Å². The van der Waals surface area contributed by atoms with Crippen LogP contribution >= 0.6 is 0 Å². The zero-order chi connectivity index (χ0) is 15.6. The van der Waals surface area contributed by atoms with E-state index >= 15 is 0 Å². The normalized spacial score (nSPS) is 22.1. The number of amides is 1. The maximum atomic E-state index is 12.1. The Labute approximate surface area is 124 Å². The average Bonchev–Trinajstić information content (AvgIpc) is 2.78. The van der Waals surface area contributed by atoms with Crippen molar-refractivity contribution in [2.24, 2.45) is 5.92 Å². The number of aliphatic carboxylic acids is 1. The predicted octanol–water partition coefficient (Wildman–Crippen LogP) is 2.22. The molecule has 114 valence electrons. The van der Waals surface area contributed by atoms with Crippen molar-refractivity contribution in [3.63, 3.8) is 0 Å². The van der Waals surface area contributed by atoms with Crippen molar-refractivity contribution in [1.29, 1.82) is 0 Å². The van der Waals surface area contributed by atoms with Gasteiger partial charge in [0, 0.05) is 19.6 Å². The van der Waals surface area contributed by atoms with E-state index < -0.39 is 17.9 Å². The molecule has 21 heavy (non-hydrogen) atoms. The second kappa shape index (κ2) is 6.26. The maximum Gasteiger partial charge on any atom is 0.309 e. The quantitative estimate of drug-likeness (QED) is 0.903. The standard InChI is InChI=1S/C16H21NO4/c1-10(2)17-14(18)8-13(16(19)20)15(17)12-6-4-11(5-7-12)9-21-3/h4-7,10,13,15H,8-9H2,1-3H3,(H,19,20). The number of carbonyl (C=O) groups excluding carboxylic acids is 1. The van der Waals surface area contributed by atoms with Gasteiger partial charge in [-0.25, -0.2) is 0 Å².